The molecule has 0 bridgehead atoms. The summed E-state index contributed by atoms with van der Waals surface area (Å²) >= 11 is 0. The van der Waals surface area contributed by atoms with Crippen molar-refractivity contribution in [2.24, 2.45) is 0 Å². The van der Waals surface area contributed by atoms with Crippen molar-refractivity contribution in [3.05, 3.63) is 60.8 Å². The summed E-state index contributed by atoms with van der Waals surface area (Å²) in [6.07, 6.45) is 53.9. The number of quaternary nitrogens is 1. The first kappa shape index (κ1) is 58.0. The summed E-state index contributed by atoms with van der Waals surface area (Å²) in [5, 5.41) is 11.7. The fourth-order valence-electron chi connectivity index (χ4n) is 7.10. The lowest BCUT2D eigenvalue weighted by molar-refractivity contribution is -0.889. The van der Waals surface area contributed by atoms with Gasteiger partial charge in [0.1, 0.15) is 12.6 Å². The largest absolute Gasteiger partial charge is 0.544 e. The van der Waals surface area contributed by atoms with E-state index in [4.69, 9.17) is 14.2 Å². The Morgan fingerprint density at radius 1 is 0.508 bits per heavy atom. The van der Waals surface area contributed by atoms with E-state index in [-0.39, 0.29) is 42.7 Å². The second-order valence-corrected chi connectivity index (χ2v) is 17.7. The van der Waals surface area contributed by atoms with E-state index in [0.717, 1.165) is 77.0 Å². The number of unbranched alkanes of at least 4 members (excludes halogenated alkanes) is 20. The Balaban J connectivity index is 4.32. The van der Waals surface area contributed by atoms with Crippen LogP contribution in [0, 0.1) is 0 Å². The second kappa shape index (κ2) is 43.7. The Bertz CT molecular complexity index is 1180. The van der Waals surface area contributed by atoms with Gasteiger partial charge in [-0.15, -0.1) is 0 Å². The summed E-state index contributed by atoms with van der Waals surface area (Å²) < 4.78 is 17.2. The van der Waals surface area contributed by atoms with Gasteiger partial charge in [-0.05, 0) is 57.8 Å². The number of aliphatic carboxylic acids is 1. The monoisotopic (exact) mass is 856 g/mol. The van der Waals surface area contributed by atoms with Crippen molar-refractivity contribution in [1.29, 1.82) is 0 Å². The summed E-state index contributed by atoms with van der Waals surface area (Å²) in [4.78, 5) is 37.0. The fourth-order valence-corrected chi connectivity index (χ4v) is 7.10. The summed E-state index contributed by atoms with van der Waals surface area (Å²) in [7, 11) is 5.40. The molecule has 0 saturated heterocycles. The number of nitrogens with zero attached hydrogens (tertiary/aromatic N) is 1. The predicted molar refractivity (Wildman–Crippen MR) is 254 cm³/mol. The van der Waals surface area contributed by atoms with Gasteiger partial charge < -0.3 is 28.6 Å². The fraction of sp³-hybridized carbons (Fsp3) is 0.755. The molecule has 0 rings (SSSR count). The molecular weight excluding hydrogens is 763 g/mol. The van der Waals surface area contributed by atoms with Crippen molar-refractivity contribution in [2.45, 2.75) is 219 Å². The first-order chi connectivity index (χ1) is 29.6. The van der Waals surface area contributed by atoms with E-state index in [0.29, 0.717) is 12.8 Å². The van der Waals surface area contributed by atoms with Crippen molar-refractivity contribution in [3.8, 4) is 0 Å². The highest BCUT2D eigenvalue weighted by atomic mass is 16.6. The van der Waals surface area contributed by atoms with E-state index in [2.05, 4.69) is 74.6 Å². The van der Waals surface area contributed by atoms with Crippen LogP contribution in [0.5, 0.6) is 0 Å². The Morgan fingerprint density at radius 2 is 0.918 bits per heavy atom. The zero-order valence-corrected chi connectivity index (χ0v) is 40.1. The van der Waals surface area contributed by atoms with Gasteiger partial charge in [0, 0.05) is 19.3 Å². The van der Waals surface area contributed by atoms with Gasteiger partial charge in [-0.3, -0.25) is 9.59 Å². The number of hydrogen-bond acceptors (Lipinski definition) is 7. The number of carboxylic acids is 1. The van der Waals surface area contributed by atoms with Crippen LogP contribution in [-0.4, -0.2) is 75.5 Å². The summed E-state index contributed by atoms with van der Waals surface area (Å²) in [5.74, 6) is -1.77. The summed E-state index contributed by atoms with van der Waals surface area (Å²) in [6.45, 7) is 4.53. The molecule has 0 saturated carbocycles. The normalized spacial score (nSPS) is 13.4. The molecule has 0 fully saturated rings. The van der Waals surface area contributed by atoms with E-state index < -0.39 is 18.1 Å². The van der Waals surface area contributed by atoms with E-state index in [1.807, 2.05) is 0 Å². The molecule has 0 N–H and O–H groups in total. The highest BCUT2D eigenvalue weighted by Crippen LogP contribution is 2.16. The van der Waals surface area contributed by atoms with E-state index in [1.54, 1.807) is 21.1 Å². The third-order valence-electron chi connectivity index (χ3n) is 10.9. The minimum atomic E-state index is -1.13. The van der Waals surface area contributed by atoms with Crippen LogP contribution in [0.25, 0.3) is 0 Å². The van der Waals surface area contributed by atoms with Gasteiger partial charge in [-0.25, -0.2) is 0 Å². The molecule has 8 nitrogen and oxygen atoms in total. The summed E-state index contributed by atoms with van der Waals surface area (Å²) in [5.41, 5.74) is 0. The van der Waals surface area contributed by atoms with E-state index in [1.165, 1.54) is 96.3 Å². The van der Waals surface area contributed by atoms with Crippen LogP contribution in [0.1, 0.15) is 206 Å². The van der Waals surface area contributed by atoms with Gasteiger partial charge in [0.2, 0.25) is 0 Å². The van der Waals surface area contributed by atoms with Gasteiger partial charge in [-0.2, -0.15) is 0 Å². The molecule has 0 amide bonds. The average Bonchev–Trinajstić information content (AvgIpc) is 3.22. The van der Waals surface area contributed by atoms with E-state index in [9.17, 15) is 19.5 Å². The van der Waals surface area contributed by atoms with Crippen LogP contribution in [0.15, 0.2) is 60.8 Å². The molecule has 352 valence electrons. The number of ether oxygens (including phenoxy) is 3. The first-order valence-electron chi connectivity index (χ1n) is 24.8. The van der Waals surface area contributed by atoms with Gasteiger partial charge in [-0.1, -0.05) is 190 Å². The van der Waals surface area contributed by atoms with Crippen molar-refractivity contribution >= 4 is 17.9 Å². The summed E-state index contributed by atoms with van der Waals surface area (Å²) in [6, 6.07) is -0.732. The molecule has 0 aromatic carbocycles. The molecule has 0 radical (unpaired) electrons. The number of carbonyl (C=O) groups is 3. The Kier molecular flexibility index (Phi) is 41.5. The number of carboxylic acid groups (broad SMARTS) is 1. The van der Waals surface area contributed by atoms with Crippen LogP contribution < -0.4 is 5.11 Å². The molecule has 0 aliphatic heterocycles. The maximum absolute atomic E-state index is 12.8. The van der Waals surface area contributed by atoms with Crippen molar-refractivity contribution < 1.29 is 38.2 Å². The smallest absolute Gasteiger partial charge is 0.306 e. The first-order valence-corrected chi connectivity index (χ1v) is 24.8. The van der Waals surface area contributed by atoms with E-state index >= 15 is 0 Å². The van der Waals surface area contributed by atoms with Crippen LogP contribution >= 0.6 is 0 Å². The zero-order chi connectivity index (χ0) is 44.9. The number of allylic oxidation sites excluding steroid dienone is 10. The highest BCUT2D eigenvalue weighted by Gasteiger charge is 2.25. The predicted octanol–water partition coefficient (Wildman–Crippen LogP) is 12.8. The Labute approximate surface area is 375 Å². The number of rotatable bonds is 44. The van der Waals surface area contributed by atoms with Gasteiger partial charge >= 0.3 is 11.9 Å². The lowest BCUT2D eigenvalue weighted by Crippen LogP contribution is -2.55. The molecule has 0 aliphatic rings. The maximum atomic E-state index is 12.8. The average molecular weight is 856 g/mol. The Morgan fingerprint density at radius 3 is 1.36 bits per heavy atom. The van der Waals surface area contributed by atoms with Gasteiger partial charge in [0.25, 0.3) is 0 Å². The molecule has 61 heavy (non-hydrogen) atoms. The maximum Gasteiger partial charge on any atom is 0.306 e. The second-order valence-electron chi connectivity index (χ2n) is 17.7. The van der Waals surface area contributed by atoms with Crippen molar-refractivity contribution in [2.75, 3.05) is 41.0 Å². The number of carbonyl (C=O) groups excluding carboxylic acids is 3. The van der Waals surface area contributed by atoms with Gasteiger partial charge in [0.05, 0.1) is 40.3 Å². The Hall–Kier alpha value is -2.97. The van der Waals surface area contributed by atoms with Gasteiger partial charge in [0.15, 0.2) is 6.10 Å². The third-order valence-corrected chi connectivity index (χ3v) is 10.9. The van der Waals surface area contributed by atoms with Crippen molar-refractivity contribution in [3.63, 3.8) is 0 Å². The molecule has 8 heteroatoms. The standard InChI is InChI=1S/C53H93NO7/c1-6-8-10-12-14-16-18-20-22-24-26-28-29-31-33-35-37-39-41-43-51(55)60-48-49(47-59-46-45-50(53(57)58)54(3,4)5)61-52(56)44-42-40-38-36-34-32-30-27-25-23-21-19-17-15-13-11-9-7-2/h8,10,14,16,20,22,26,28,31,33,49-50H,6-7,9,11-13,15,17-19,21,23-25,27,29-30,32,34-48H2,1-5H3/b10-8+,16-14+,22-20+,28-26+,33-31+. The van der Waals surface area contributed by atoms with Crippen LogP contribution in [-0.2, 0) is 28.6 Å². The lowest BCUT2D eigenvalue weighted by Gasteiger charge is -2.34. The molecule has 2 unspecified atom stereocenters. The zero-order valence-electron chi connectivity index (χ0n) is 40.1. The lowest BCUT2D eigenvalue weighted by atomic mass is 10.0. The number of hydrogen-bond donors (Lipinski definition) is 0. The third kappa shape index (κ3) is 42.1. The molecular formula is C53H93NO7. The number of likely N-dealkylation sites (N-methyl/N-ethyl adjacent to an activating group) is 1. The molecule has 0 aliphatic carbocycles. The van der Waals surface area contributed by atoms with Crippen LogP contribution in [0.3, 0.4) is 0 Å². The quantitative estimate of drug-likeness (QED) is 0.0260. The van der Waals surface area contributed by atoms with Crippen LogP contribution in [0.2, 0.25) is 0 Å². The molecule has 0 aromatic rings. The highest BCUT2D eigenvalue weighted by molar-refractivity contribution is 5.70. The molecule has 0 spiro atoms. The molecule has 0 aromatic heterocycles. The molecule has 2 atom stereocenters. The SMILES string of the molecule is CC/C=C/C/C=C/C/C=C/C/C=C/C/C=C/CCCCCC(=O)OCC(COCCC(C(=O)[O-])[N+](C)(C)C)OC(=O)CCCCCCCCCCCCCCCCCCCC. The molecule has 0 heterocycles. The topological polar surface area (TPSA) is 102 Å². The van der Waals surface area contributed by atoms with Crippen LogP contribution in [0.4, 0.5) is 0 Å². The van der Waals surface area contributed by atoms with Crippen molar-refractivity contribution in [1.82, 2.24) is 0 Å². The number of esters is 2. The minimum Gasteiger partial charge on any atom is -0.544 e. The minimum absolute atomic E-state index is 0.0301.